The summed E-state index contributed by atoms with van der Waals surface area (Å²) in [5.41, 5.74) is 3.90. The Balaban J connectivity index is 2.42. The maximum atomic E-state index is 11.8. The van der Waals surface area contributed by atoms with Crippen LogP contribution in [-0.4, -0.2) is 19.7 Å². The van der Waals surface area contributed by atoms with E-state index in [1.807, 2.05) is 50.2 Å². The lowest BCUT2D eigenvalue weighted by Gasteiger charge is -2.17. The lowest BCUT2D eigenvalue weighted by molar-refractivity contribution is -0.137. The number of rotatable bonds is 9. The number of esters is 1. The van der Waals surface area contributed by atoms with Gasteiger partial charge in [-0.3, -0.25) is 0 Å². The number of hydrogen-bond donors (Lipinski definition) is 0. The van der Waals surface area contributed by atoms with Crippen molar-refractivity contribution in [2.24, 2.45) is 0 Å². The van der Waals surface area contributed by atoms with E-state index in [4.69, 9.17) is 25.8 Å². The average Bonchev–Trinajstić information content (AvgIpc) is 2.70. The van der Waals surface area contributed by atoms with Crippen LogP contribution in [0.25, 0.3) is 6.08 Å². The Morgan fingerprint density at radius 2 is 1.83 bits per heavy atom. The molecule has 0 saturated heterocycles. The zero-order valence-electron chi connectivity index (χ0n) is 17.3. The molecular weight excluding hydrogens is 388 g/mol. The first-order valence-electron chi connectivity index (χ1n) is 9.49. The molecule has 0 unspecified atom stereocenters. The topological polar surface area (TPSA) is 44.8 Å². The first kappa shape index (κ1) is 22.6. The Kier molecular flexibility index (Phi) is 8.81. The van der Waals surface area contributed by atoms with Crippen molar-refractivity contribution in [2.75, 3.05) is 13.7 Å². The zero-order chi connectivity index (χ0) is 21.2. The lowest BCUT2D eigenvalue weighted by Crippen LogP contribution is -2.03. The fourth-order valence-electron chi connectivity index (χ4n) is 2.70. The molecule has 0 bridgehead atoms. The van der Waals surface area contributed by atoms with E-state index in [0.29, 0.717) is 30.4 Å². The van der Waals surface area contributed by atoms with Crippen molar-refractivity contribution in [1.29, 1.82) is 0 Å². The SMILES string of the molecule is CCOC(=O)/C=C/c1ccc(OC)c(CC=C(C)C)c1OCc1ccc(Cl)cc1. The van der Waals surface area contributed by atoms with Crippen molar-refractivity contribution >= 4 is 23.6 Å². The molecule has 0 atom stereocenters. The molecule has 0 radical (unpaired) electrons. The van der Waals surface area contributed by atoms with Gasteiger partial charge in [0.25, 0.3) is 0 Å². The molecule has 0 N–H and O–H groups in total. The molecule has 0 aromatic heterocycles. The second kappa shape index (κ2) is 11.3. The van der Waals surface area contributed by atoms with E-state index >= 15 is 0 Å². The van der Waals surface area contributed by atoms with Crippen LogP contribution in [0.3, 0.4) is 0 Å². The number of halogens is 1. The average molecular weight is 415 g/mol. The molecule has 29 heavy (non-hydrogen) atoms. The predicted molar refractivity (Wildman–Crippen MR) is 118 cm³/mol. The van der Waals surface area contributed by atoms with E-state index in [2.05, 4.69) is 6.08 Å². The van der Waals surface area contributed by atoms with Crippen LogP contribution in [0, 0.1) is 0 Å². The summed E-state index contributed by atoms with van der Waals surface area (Å²) < 4.78 is 16.8. The van der Waals surface area contributed by atoms with Gasteiger partial charge in [-0.05, 0) is 63.1 Å². The van der Waals surface area contributed by atoms with Crippen molar-refractivity contribution in [3.8, 4) is 11.5 Å². The zero-order valence-corrected chi connectivity index (χ0v) is 18.1. The van der Waals surface area contributed by atoms with E-state index in [0.717, 1.165) is 22.4 Å². The minimum Gasteiger partial charge on any atom is -0.496 e. The highest BCUT2D eigenvalue weighted by Crippen LogP contribution is 2.35. The molecule has 0 spiro atoms. The van der Waals surface area contributed by atoms with E-state index < -0.39 is 5.97 Å². The molecule has 2 aromatic rings. The molecule has 0 amide bonds. The minimum absolute atomic E-state index is 0.331. The quantitative estimate of drug-likeness (QED) is 0.286. The van der Waals surface area contributed by atoms with Gasteiger partial charge in [0.05, 0.1) is 13.7 Å². The number of allylic oxidation sites excluding steroid dienone is 2. The molecule has 0 aliphatic rings. The molecular formula is C24H27ClO4. The van der Waals surface area contributed by atoms with E-state index in [9.17, 15) is 4.79 Å². The molecule has 0 fully saturated rings. The molecule has 0 aliphatic carbocycles. The van der Waals surface area contributed by atoms with Crippen molar-refractivity contribution in [2.45, 2.75) is 33.8 Å². The van der Waals surface area contributed by atoms with Gasteiger partial charge in [-0.1, -0.05) is 35.4 Å². The third-order valence-corrected chi connectivity index (χ3v) is 4.42. The number of benzene rings is 2. The van der Waals surface area contributed by atoms with E-state index in [-0.39, 0.29) is 0 Å². The molecule has 5 heteroatoms. The summed E-state index contributed by atoms with van der Waals surface area (Å²) >= 11 is 5.97. The van der Waals surface area contributed by atoms with Gasteiger partial charge < -0.3 is 14.2 Å². The number of hydrogen-bond acceptors (Lipinski definition) is 4. The van der Waals surface area contributed by atoms with Crippen molar-refractivity contribution in [3.63, 3.8) is 0 Å². The van der Waals surface area contributed by atoms with Crippen molar-refractivity contribution < 1.29 is 19.0 Å². The Morgan fingerprint density at radius 3 is 2.45 bits per heavy atom. The summed E-state index contributed by atoms with van der Waals surface area (Å²) in [6.07, 6.45) is 5.89. The Hall–Kier alpha value is -2.72. The first-order chi connectivity index (χ1) is 13.9. The molecule has 0 aliphatic heterocycles. The van der Waals surface area contributed by atoms with Crippen LogP contribution in [-0.2, 0) is 22.6 Å². The highest BCUT2D eigenvalue weighted by molar-refractivity contribution is 6.30. The molecule has 0 saturated carbocycles. The maximum absolute atomic E-state index is 11.8. The monoisotopic (exact) mass is 414 g/mol. The number of carbonyl (C=O) groups is 1. The predicted octanol–water partition coefficient (Wildman–Crippen LogP) is 6.01. The summed E-state index contributed by atoms with van der Waals surface area (Å²) in [5.74, 6) is 1.03. The fourth-order valence-corrected chi connectivity index (χ4v) is 2.83. The number of methoxy groups -OCH3 is 1. The van der Waals surface area contributed by atoms with Gasteiger partial charge in [0.2, 0.25) is 0 Å². The molecule has 154 valence electrons. The van der Waals surface area contributed by atoms with Gasteiger partial charge >= 0.3 is 5.97 Å². The van der Waals surface area contributed by atoms with Crippen molar-refractivity contribution in [1.82, 2.24) is 0 Å². The fraction of sp³-hybridized carbons (Fsp3) is 0.292. The van der Waals surface area contributed by atoms with Crippen LogP contribution >= 0.6 is 11.6 Å². The van der Waals surface area contributed by atoms with Gasteiger partial charge in [0, 0.05) is 22.2 Å². The van der Waals surface area contributed by atoms with E-state index in [1.54, 1.807) is 20.1 Å². The van der Waals surface area contributed by atoms with Crippen LogP contribution in [0.1, 0.15) is 37.5 Å². The standard InChI is InChI=1S/C24H27ClO4/c1-5-28-23(26)15-10-19-9-14-22(27-4)21(13-6-17(2)3)24(19)29-16-18-7-11-20(25)12-8-18/h6-12,14-15H,5,13,16H2,1-4H3/b15-10+. The highest BCUT2D eigenvalue weighted by atomic mass is 35.5. The number of carbonyl (C=O) groups excluding carboxylic acids is 1. The van der Waals surface area contributed by atoms with Crippen LogP contribution < -0.4 is 9.47 Å². The Bertz CT molecular complexity index is 878. The normalized spacial score (nSPS) is 10.7. The minimum atomic E-state index is -0.391. The third-order valence-electron chi connectivity index (χ3n) is 4.16. The van der Waals surface area contributed by atoms with Crippen LogP contribution in [0.5, 0.6) is 11.5 Å². The van der Waals surface area contributed by atoms with Crippen LogP contribution in [0.4, 0.5) is 0 Å². The highest BCUT2D eigenvalue weighted by Gasteiger charge is 2.14. The molecule has 0 heterocycles. The van der Waals surface area contributed by atoms with Gasteiger partial charge in [-0.2, -0.15) is 0 Å². The third kappa shape index (κ3) is 6.99. The lowest BCUT2D eigenvalue weighted by atomic mass is 10.0. The van der Waals surface area contributed by atoms with Crippen LogP contribution in [0.15, 0.2) is 54.1 Å². The summed E-state index contributed by atoms with van der Waals surface area (Å²) in [6, 6.07) is 11.3. The van der Waals surface area contributed by atoms with Gasteiger partial charge in [-0.15, -0.1) is 0 Å². The summed E-state index contributed by atoms with van der Waals surface area (Å²) in [6.45, 7) is 6.57. The van der Waals surface area contributed by atoms with Gasteiger partial charge in [-0.25, -0.2) is 4.79 Å². The first-order valence-corrected chi connectivity index (χ1v) is 9.87. The largest absolute Gasteiger partial charge is 0.496 e. The van der Waals surface area contributed by atoms with Crippen molar-refractivity contribution in [3.05, 3.63) is 75.8 Å². The second-order valence-corrected chi connectivity index (χ2v) is 7.09. The molecule has 2 rings (SSSR count). The van der Waals surface area contributed by atoms with Gasteiger partial charge in [0.15, 0.2) is 0 Å². The van der Waals surface area contributed by atoms with E-state index in [1.165, 1.54) is 11.6 Å². The summed E-state index contributed by atoms with van der Waals surface area (Å²) in [7, 11) is 1.64. The number of ether oxygens (including phenoxy) is 3. The molecule has 4 nitrogen and oxygen atoms in total. The summed E-state index contributed by atoms with van der Waals surface area (Å²) in [5, 5.41) is 0.678. The smallest absolute Gasteiger partial charge is 0.330 e. The van der Waals surface area contributed by atoms with Gasteiger partial charge in [0.1, 0.15) is 18.1 Å². The maximum Gasteiger partial charge on any atom is 0.330 e. The summed E-state index contributed by atoms with van der Waals surface area (Å²) in [4.78, 5) is 11.8. The Morgan fingerprint density at radius 1 is 1.10 bits per heavy atom. The second-order valence-electron chi connectivity index (χ2n) is 6.65. The Labute approximate surface area is 177 Å². The van der Waals surface area contributed by atoms with Crippen LogP contribution in [0.2, 0.25) is 5.02 Å². The molecule has 2 aromatic carbocycles.